The summed E-state index contributed by atoms with van der Waals surface area (Å²) in [7, 11) is 1.53. The Morgan fingerprint density at radius 2 is 2.00 bits per heavy atom. The van der Waals surface area contributed by atoms with Gasteiger partial charge in [0.05, 0.1) is 4.92 Å². The Hall–Kier alpha value is -2.11. The fraction of sp³-hybridized carbons (Fsp3) is 0.500. The summed E-state index contributed by atoms with van der Waals surface area (Å²) in [4.78, 5) is 22.2. The summed E-state index contributed by atoms with van der Waals surface area (Å²) in [6.45, 7) is 4.83. The summed E-state index contributed by atoms with van der Waals surface area (Å²) >= 11 is 0. The fourth-order valence-electron chi connectivity index (χ4n) is 1.95. The van der Waals surface area contributed by atoms with E-state index in [9.17, 15) is 14.9 Å². The van der Waals surface area contributed by atoms with Gasteiger partial charge < -0.3 is 10.6 Å². The van der Waals surface area contributed by atoms with E-state index in [2.05, 4.69) is 24.5 Å². The normalized spacial score (nSPS) is 10.4. The lowest BCUT2D eigenvalue weighted by atomic mass is 10.0. The quantitative estimate of drug-likeness (QED) is 0.593. The molecule has 0 bridgehead atoms. The van der Waals surface area contributed by atoms with Crippen molar-refractivity contribution in [1.82, 2.24) is 5.32 Å². The second-order valence-corrected chi connectivity index (χ2v) is 4.63. The molecule has 0 saturated heterocycles. The summed E-state index contributed by atoms with van der Waals surface area (Å²) in [5, 5.41) is 16.6. The molecule has 1 amide bonds. The number of nitro benzene ring substituents is 1. The molecule has 110 valence electrons. The van der Waals surface area contributed by atoms with Crippen LogP contribution in [-0.2, 0) is 0 Å². The molecule has 0 spiro atoms. The zero-order valence-electron chi connectivity index (χ0n) is 12.1. The predicted octanol–water partition coefficient (Wildman–Crippen LogP) is 2.80. The van der Waals surface area contributed by atoms with Gasteiger partial charge in [0.1, 0.15) is 5.69 Å². The maximum atomic E-state index is 11.6. The molecule has 20 heavy (non-hydrogen) atoms. The van der Waals surface area contributed by atoms with E-state index in [1.165, 1.54) is 25.2 Å². The largest absolute Gasteiger partial charge is 0.379 e. The number of hydrogen-bond donors (Lipinski definition) is 2. The van der Waals surface area contributed by atoms with Crippen molar-refractivity contribution >= 4 is 17.3 Å². The third-order valence-electron chi connectivity index (χ3n) is 3.42. The van der Waals surface area contributed by atoms with E-state index in [4.69, 9.17) is 0 Å². The van der Waals surface area contributed by atoms with Gasteiger partial charge >= 0.3 is 0 Å². The Kier molecular flexibility index (Phi) is 5.96. The molecule has 0 saturated carbocycles. The Bertz CT molecular complexity index is 485. The monoisotopic (exact) mass is 279 g/mol. The molecule has 0 aliphatic carbocycles. The van der Waals surface area contributed by atoms with Crippen LogP contribution in [0.2, 0.25) is 0 Å². The second kappa shape index (κ2) is 7.47. The number of nitrogens with one attached hydrogen (secondary N) is 2. The van der Waals surface area contributed by atoms with Crippen LogP contribution in [0.1, 0.15) is 37.0 Å². The minimum atomic E-state index is -0.442. The van der Waals surface area contributed by atoms with Crippen LogP contribution in [0.3, 0.4) is 0 Å². The first-order valence-electron chi connectivity index (χ1n) is 6.77. The number of hydrogen-bond acceptors (Lipinski definition) is 4. The van der Waals surface area contributed by atoms with Crippen LogP contribution >= 0.6 is 0 Å². The van der Waals surface area contributed by atoms with Crippen LogP contribution in [0.15, 0.2) is 18.2 Å². The molecule has 0 radical (unpaired) electrons. The number of benzene rings is 1. The molecule has 0 aliphatic rings. The van der Waals surface area contributed by atoms with E-state index in [0.29, 0.717) is 23.7 Å². The summed E-state index contributed by atoms with van der Waals surface area (Å²) in [6.07, 6.45) is 2.01. The third kappa shape index (κ3) is 3.94. The summed E-state index contributed by atoms with van der Waals surface area (Å²) in [5.41, 5.74) is 0.789. The molecule has 0 aromatic heterocycles. The lowest BCUT2D eigenvalue weighted by molar-refractivity contribution is -0.384. The Morgan fingerprint density at radius 1 is 1.35 bits per heavy atom. The number of nitro groups is 1. The SMILES string of the molecule is CCC(CC)CNc1cc(C(=O)NC)ccc1[N+](=O)[O-]. The van der Waals surface area contributed by atoms with Gasteiger partial charge in [-0.1, -0.05) is 26.7 Å². The molecule has 6 nitrogen and oxygen atoms in total. The molecule has 1 aromatic rings. The maximum absolute atomic E-state index is 11.6. The van der Waals surface area contributed by atoms with E-state index in [0.717, 1.165) is 12.8 Å². The van der Waals surface area contributed by atoms with Gasteiger partial charge in [0.25, 0.3) is 11.6 Å². The molecular weight excluding hydrogens is 258 g/mol. The van der Waals surface area contributed by atoms with Crippen molar-refractivity contribution in [3.8, 4) is 0 Å². The lowest BCUT2D eigenvalue weighted by Gasteiger charge is -2.15. The van der Waals surface area contributed by atoms with Crippen molar-refractivity contribution < 1.29 is 9.72 Å². The lowest BCUT2D eigenvalue weighted by Crippen LogP contribution is -2.19. The highest BCUT2D eigenvalue weighted by Crippen LogP contribution is 2.26. The average Bonchev–Trinajstić information content (AvgIpc) is 2.47. The summed E-state index contributed by atoms with van der Waals surface area (Å²) in [5.74, 6) is 0.198. The van der Waals surface area contributed by atoms with Gasteiger partial charge in [-0.05, 0) is 18.1 Å². The van der Waals surface area contributed by atoms with Crippen molar-refractivity contribution in [2.75, 3.05) is 18.9 Å². The van der Waals surface area contributed by atoms with E-state index < -0.39 is 4.92 Å². The maximum Gasteiger partial charge on any atom is 0.292 e. The van der Waals surface area contributed by atoms with Gasteiger partial charge in [-0.15, -0.1) is 0 Å². The summed E-state index contributed by atoms with van der Waals surface area (Å²) < 4.78 is 0. The van der Waals surface area contributed by atoms with Crippen LogP contribution < -0.4 is 10.6 Å². The Labute approximate surface area is 118 Å². The van der Waals surface area contributed by atoms with Crippen molar-refractivity contribution in [2.24, 2.45) is 5.92 Å². The molecule has 0 aliphatic heterocycles. The number of amides is 1. The van der Waals surface area contributed by atoms with E-state index >= 15 is 0 Å². The van der Waals surface area contributed by atoms with Crippen molar-refractivity contribution in [3.63, 3.8) is 0 Å². The average molecular weight is 279 g/mol. The molecule has 0 heterocycles. The molecule has 0 atom stereocenters. The zero-order valence-corrected chi connectivity index (χ0v) is 12.1. The molecule has 6 heteroatoms. The molecule has 1 aromatic carbocycles. The zero-order chi connectivity index (χ0) is 15.1. The number of nitrogens with zero attached hydrogens (tertiary/aromatic N) is 1. The molecule has 2 N–H and O–H groups in total. The number of rotatable bonds is 7. The predicted molar refractivity (Wildman–Crippen MR) is 79.0 cm³/mol. The second-order valence-electron chi connectivity index (χ2n) is 4.63. The van der Waals surface area contributed by atoms with Crippen LogP contribution in [0.25, 0.3) is 0 Å². The van der Waals surface area contributed by atoms with Crippen molar-refractivity contribution in [1.29, 1.82) is 0 Å². The Balaban J connectivity index is 3.00. The highest BCUT2D eigenvalue weighted by molar-refractivity contribution is 5.95. The van der Waals surface area contributed by atoms with Gasteiger partial charge in [-0.25, -0.2) is 0 Å². The summed E-state index contributed by atoms with van der Waals surface area (Å²) in [6, 6.07) is 4.35. The van der Waals surface area contributed by atoms with Gasteiger partial charge in [0, 0.05) is 25.2 Å². The first-order chi connectivity index (χ1) is 9.53. The van der Waals surface area contributed by atoms with Crippen molar-refractivity contribution in [3.05, 3.63) is 33.9 Å². The number of carbonyl (C=O) groups excluding carboxylic acids is 1. The molecule has 0 unspecified atom stereocenters. The number of carbonyl (C=O) groups is 1. The first kappa shape index (κ1) is 15.9. The van der Waals surface area contributed by atoms with Crippen LogP contribution in [-0.4, -0.2) is 24.4 Å². The third-order valence-corrected chi connectivity index (χ3v) is 3.42. The van der Waals surface area contributed by atoms with Crippen LogP contribution in [0.4, 0.5) is 11.4 Å². The highest BCUT2D eigenvalue weighted by Gasteiger charge is 2.17. The number of anilines is 1. The van der Waals surface area contributed by atoms with Gasteiger partial charge in [0.15, 0.2) is 0 Å². The highest BCUT2D eigenvalue weighted by atomic mass is 16.6. The molecule has 0 fully saturated rings. The smallest absolute Gasteiger partial charge is 0.292 e. The van der Waals surface area contributed by atoms with E-state index in [1.807, 2.05) is 0 Å². The first-order valence-corrected chi connectivity index (χ1v) is 6.77. The minimum absolute atomic E-state index is 0.0105. The molecule has 1 rings (SSSR count). The van der Waals surface area contributed by atoms with Gasteiger partial charge in [0.2, 0.25) is 0 Å². The van der Waals surface area contributed by atoms with Crippen molar-refractivity contribution in [2.45, 2.75) is 26.7 Å². The minimum Gasteiger partial charge on any atom is -0.379 e. The Morgan fingerprint density at radius 3 is 2.50 bits per heavy atom. The van der Waals surface area contributed by atoms with E-state index in [1.54, 1.807) is 0 Å². The fourth-order valence-corrected chi connectivity index (χ4v) is 1.95. The van der Waals surface area contributed by atoms with Gasteiger partial charge in [-0.2, -0.15) is 0 Å². The van der Waals surface area contributed by atoms with Crippen LogP contribution in [0, 0.1) is 16.0 Å². The molecular formula is C14H21N3O3. The standard InChI is InChI=1S/C14H21N3O3/c1-4-10(5-2)9-16-12-8-11(14(18)15-3)6-7-13(12)17(19)20/h6-8,10,16H,4-5,9H2,1-3H3,(H,15,18). The topological polar surface area (TPSA) is 84.3 Å². The van der Waals surface area contributed by atoms with Gasteiger partial charge in [-0.3, -0.25) is 14.9 Å². The van der Waals surface area contributed by atoms with E-state index in [-0.39, 0.29) is 11.6 Å². The van der Waals surface area contributed by atoms with Crippen LogP contribution in [0.5, 0.6) is 0 Å².